The Bertz CT molecular complexity index is 862. The van der Waals surface area contributed by atoms with Crippen molar-refractivity contribution in [3.05, 3.63) is 40.7 Å². The summed E-state index contributed by atoms with van der Waals surface area (Å²) >= 11 is 2.33. The number of amides is 2. The fourth-order valence-electron chi connectivity index (χ4n) is 3.65. The number of rotatable bonds is 5. The number of nitrogens with one attached hydrogen (secondary N) is 2. The Labute approximate surface area is 161 Å². The number of fused-ring (bicyclic) bond motifs is 1. The molecule has 0 aliphatic heterocycles. The summed E-state index contributed by atoms with van der Waals surface area (Å²) in [6.07, 6.45) is 5.33. The molecule has 25 heavy (non-hydrogen) atoms. The van der Waals surface area contributed by atoms with Gasteiger partial charge >= 0.3 is 0 Å². The van der Waals surface area contributed by atoms with E-state index in [1.54, 1.807) is 7.05 Å². The van der Waals surface area contributed by atoms with Crippen molar-refractivity contribution in [1.29, 1.82) is 0 Å². The molecule has 0 saturated heterocycles. The summed E-state index contributed by atoms with van der Waals surface area (Å²) in [5.41, 5.74) is 5.05. The third-order valence-electron chi connectivity index (χ3n) is 4.79. The molecule has 2 atom stereocenters. The van der Waals surface area contributed by atoms with Gasteiger partial charge in [-0.1, -0.05) is 6.07 Å². The van der Waals surface area contributed by atoms with Crippen molar-refractivity contribution in [2.24, 2.45) is 0 Å². The first-order chi connectivity index (χ1) is 12.1. The summed E-state index contributed by atoms with van der Waals surface area (Å²) in [7, 11) is 1.62. The Morgan fingerprint density at radius 3 is 2.96 bits per heavy atom. The molecule has 0 fully saturated rings. The van der Waals surface area contributed by atoms with E-state index in [1.807, 2.05) is 10.6 Å². The molecule has 2 aromatic rings. The Morgan fingerprint density at radius 1 is 1.48 bits per heavy atom. The van der Waals surface area contributed by atoms with Crippen molar-refractivity contribution in [2.75, 3.05) is 7.05 Å². The summed E-state index contributed by atoms with van der Waals surface area (Å²) in [6, 6.07) is 4.25. The molecule has 1 aliphatic rings. The molecule has 8 heteroatoms. The maximum Gasteiger partial charge on any atom is 0.248 e. The van der Waals surface area contributed by atoms with Crippen LogP contribution in [-0.4, -0.2) is 28.9 Å². The minimum Gasteiger partial charge on any atom is -0.355 e. The van der Waals surface area contributed by atoms with Crippen LogP contribution >= 0.6 is 28.4 Å². The molecule has 3 rings (SSSR count). The van der Waals surface area contributed by atoms with Crippen molar-refractivity contribution >= 4 is 51.6 Å². The van der Waals surface area contributed by atoms with Crippen LogP contribution in [0, 0.1) is 6.92 Å². The van der Waals surface area contributed by atoms with E-state index in [1.165, 1.54) is 16.5 Å². The molecule has 0 spiro atoms. The zero-order valence-corrected chi connectivity index (χ0v) is 17.3. The van der Waals surface area contributed by atoms with Crippen LogP contribution in [0.25, 0.3) is 10.9 Å². The highest BCUT2D eigenvalue weighted by atomic mass is 127. The standard InChI is InChI=1S/C17H20IN4O2P/c1-10-3-6-15-13(8-21-22(15)25-18)16(10)11-4-5-12(17(24)19-2)14(7-11)20-9-23/h3,6,8-9,11,25H,4-5,7H2,1-2H3,(H,19,24)(H,20,23). The summed E-state index contributed by atoms with van der Waals surface area (Å²) in [5, 5.41) is 11.1. The molecule has 1 heterocycles. The highest BCUT2D eigenvalue weighted by Crippen LogP contribution is 2.41. The van der Waals surface area contributed by atoms with Crippen LogP contribution in [-0.2, 0) is 9.59 Å². The smallest absolute Gasteiger partial charge is 0.248 e. The van der Waals surface area contributed by atoms with E-state index in [-0.39, 0.29) is 11.8 Å². The van der Waals surface area contributed by atoms with Crippen LogP contribution in [0.15, 0.2) is 29.6 Å². The van der Waals surface area contributed by atoms with Crippen LogP contribution in [0.4, 0.5) is 0 Å². The lowest BCUT2D eigenvalue weighted by molar-refractivity contribution is -0.117. The van der Waals surface area contributed by atoms with E-state index >= 15 is 0 Å². The molecular weight excluding hydrogens is 450 g/mol. The van der Waals surface area contributed by atoms with Gasteiger partial charge in [-0.15, -0.1) is 0 Å². The van der Waals surface area contributed by atoms with Gasteiger partial charge in [0, 0.05) is 23.7 Å². The van der Waals surface area contributed by atoms with Crippen molar-refractivity contribution in [2.45, 2.75) is 32.1 Å². The van der Waals surface area contributed by atoms with Crippen LogP contribution in [0.3, 0.4) is 0 Å². The van der Waals surface area contributed by atoms with Gasteiger partial charge in [0.1, 0.15) is 0 Å². The van der Waals surface area contributed by atoms with Gasteiger partial charge in [-0.2, -0.15) is 5.10 Å². The second kappa shape index (κ2) is 7.83. The van der Waals surface area contributed by atoms with Gasteiger partial charge in [-0.3, -0.25) is 9.59 Å². The second-order valence-electron chi connectivity index (χ2n) is 6.11. The number of aromatic nitrogens is 2. The molecule has 2 amide bonds. The quantitative estimate of drug-likeness (QED) is 0.401. The maximum atomic E-state index is 12.1. The molecule has 0 radical (unpaired) electrons. The summed E-state index contributed by atoms with van der Waals surface area (Å²) in [4.78, 5) is 23.1. The first-order valence-electron chi connectivity index (χ1n) is 8.08. The first-order valence-corrected chi connectivity index (χ1v) is 12.1. The minimum absolute atomic E-state index is 0.114. The second-order valence-corrected chi connectivity index (χ2v) is 8.15. The van der Waals surface area contributed by atoms with Gasteiger partial charge < -0.3 is 10.6 Å². The van der Waals surface area contributed by atoms with Gasteiger partial charge in [0.15, 0.2) is 0 Å². The van der Waals surface area contributed by atoms with Gasteiger partial charge in [-0.05, 0) is 71.3 Å². The largest absolute Gasteiger partial charge is 0.355 e. The number of halogens is 1. The van der Waals surface area contributed by atoms with Crippen molar-refractivity contribution in [3.8, 4) is 0 Å². The molecule has 2 N–H and O–H groups in total. The lowest BCUT2D eigenvalue weighted by Gasteiger charge is -2.28. The predicted octanol–water partition coefficient (Wildman–Crippen LogP) is 3.15. The van der Waals surface area contributed by atoms with Crippen molar-refractivity contribution in [3.63, 3.8) is 0 Å². The number of benzene rings is 1. The van der Waals surface area contributed by atoms with Crippen molar-refractivity contribution < 1.29 is 9.59 Å². The molecule has 6 nitrogen and oxygen atoms in total. The molecule has 132 valence electrons. The summed E-state index contributed by atoms with van der Waals surface area (Å²) in [5.74, 6) is 0.145. The molecule has 1 aromatic carbocycles. The average molecular weight is 470 g/mol. The number of nitrogens with zero attached hydrogens (tertiary/aromatic N) is 2. The Morgan fingerprint density at radius 2 is 2.28 bits per heavy atom. The lowest BCUT2D eigenvalue weighted by atomic mass is 9.79. The Kier molecular flexibility index (Phi) is 5.74. The number of hydrogen-bond acceptors (Lipinski definition) is 3. The fourth-order valence-corrected chi connectivity index (χ4v) is 5.19. The third-order valence-corrected chi connectivity index (χ3v) is 6.68. The molecule has 0 saturated carbocycles. The van der Waals surface area contributed by atoms with Gasteiger partial charge in [-0.25, -0.2) is 4.45 Å². The van der Waals surface area contributed by atoms with Crippen LogP contribution in [0.2, 0.25) is 0 Å². The van der Waals surface area contributed by atoms with Gasteiger partial charge in [0.2, 0.25) is 12.3 Å². The van der Waals surface area contributed by atoms with Gasteiger partial charge in [0.25, 0.3) is 0 Å². The summed E-state index contributed by atoms with van der Waals surface area (Å²) in [6.45, 7) is 2.11. The first kappa shape index (κ1) is 18.3. The number of carbonyl (C=O) groups excluding carboxylic acids is 2. The maximum absolute atomic E-state index is 12.1. The lowest BCUT2D eigenvalue weighted by Crippen LogP contribution is -2.29. The monoisotopic (exact) mass is 470 g/mol. The van der Waals surface area contributed by atoms with Crippen molar-refractivity contribution in [1.82, 2.24) is 20.2 Å². The highest BCUT2D eigenvalue weighted by Gasteiger charge is 2.28. The Hall–Kier alpha value is -1.47. The van der Waals surface area contributed by atoms with Crippen LogP contribution < -0.4 is 10.6 Å². The number of likely N-dealkylation sites (N-methyl/N-ethyl adjacent to an activating group) is 1. The normalized spacial score (nSPS) is 18.1. The summed E-state index contributed by atoms with van der Waals surface area (Å²) < 4.78 is 2.01. The zero-order valence-electron chi connectivity index (χ0n) is 14.1. The molecule has 1 aromatic heterocycles. The Balaban J connectivity index is 2.04. The molecule has 0 bridgehead atoms. The van der Waals surface area contributed by atoms with Crippen LogP contribution in [0.1, 0.15) is 36.3 Å². The number of hydrogen-bond donors (Lipinski definition) is 2. The number of carbonyl (C=O) groups is 2. The SMILES string of the molecule is CNC(=O)C1=C(NC=O)CC(c2c(C)ccc3c2cnn3PI)CC1. The highest BCUT2D eigenvalue weighted by molar-refractivity contribution is 14.2. The van der Waals surface area contributed by atoms with E-state index in [4.69, 9.17) is 0 Å². The number of allylic oxidation sites excluding steroid dienone is 1. The van der Waals surface area contributed by atoms with E-state index in [0.717, 1.165) is 17.6 Å². The molecular formula is C17H20IN4O2P. The average Bonchev–Trinajstić information content (AvgIpc) is 3.04. The van der Waals surface area contributed by atoms with E-state index < -0.39 is 0 Å². The van der Waals surface area contributed by atoms with Gasteiger partial charge in [0.05, 0.1) is 18.1 Å². The molecule has 2 unspecified atom stereocenters. The van der Waals surface area contributed by atoms with E-state index in [0.29, 0.717) is 31.2 Å². The molecule has 1 aliphatic carbocycles. The topological polar surface area (TPSA) is 76.0 Å². The fraction of sp³-hybridized carbons (Fsp3) is 0.353. The number of aryl methyl sites for hydroxylation is 1. The van der Waals surface area contributed by atoms with E-state index in [9.17, 15) is 9.59 Å². The van der Waals surface area contributed by atoms with Crippen LogP contribution in [0.5, 0.6) is 0 Å². The zero-order chi connectivity index (χ0) is 18.0. The third kappa shape index (κ3) is 3.44. The van der Waals surface area contributed by atoms with E-state index in [2.05, 4.69) is 56.8 Å². The predicted molar refractivity (Wildman–Crippen MR) is 109 cm³/mol. The minimum atomic E-state index is -0.114.